The van der Waals surface area contributed by atoms with Gasteiger partial charge in [0.05, 0.1) is 11.1 Å². The molecule has 0 radical (unpaired) electrons. The molecule has 2 aliphatic rings. The van der Waals surface area contributed by atoms with E-state index < -0.39 is 0 Å². The van der Waals surface area contributed by atoms with Crippen molar-refractivity contribution in [1.82, 2.24) is 10.3 Å². The Morgan fingerprint density at radius 2 is 1.92 bits per heavy atom. The van der Waals surface area contributed by atoms with Crippen molar-refractivity contribution in [2.45, 2.75) is 51.1 Å². The van der Waals surface area contributed by atoms with E-state index >= 15 is 0 Å². The van der Waals surface area contributed by atoms with Crippen LogP contribution in [0.15, 0.2) is 30.5 Å². The lowest BCUT2D eigenvalue weighted by atomic mass is 9.67. The molecule has 0 spiro atoms. The Hall–Kier alpha value is -1.94. The highest BCUT2D eigenvalue weighted by Crippen LogP contribution is 2.39. The second-order valence-corrected chi connectivity index (χ2v) is 7.50. The molecular formula is C20H25N3O. The molecule has 0 aliphatic heterocycles. The molecule has 4 nitrogen and oxygen atoms in total. The summed E-state index contributed by atoms with van der Waals surface area (Å²) in [7, 11) is 0. The molecule has 4 rings (SSSR count). The average molecular weight is 323 g/mol. The van der Waals surface area contributed by atoms with E-state index in [0.717, 1.165) is 29.3 Å². The summed E-state index contributed by atoms with van der Waals surface area (Å²) in [5.74, 6) is 1.08. The summed E-state index contributed by atoms with van der Waals surface area (Å²) in [5, 5.41) is 4.38. The molecule has 2 aliphatic carbocycles. The first-order valence-electron chi connectivity index (χ1n) is 9.04. The van der Waals surface area contributed by atoms with Crippen LogP contribution in [0.25, 0.3) is 10.9 Å². The summed E-state index contributed by atoms with van der Waals surface area (Å²) in [6.07, 6.45) is 7.43. The van der Waals surface area contributed by atoms with E-state index in [4.69, 9.17) is 5.73 Å². The molecule has 0 saturated heterocycles. The monoisotopic (exact) mass is 323 g/mol. The van der Waals surface area contributed by atoms with Gasteiger partial charge in [0.25, 0.3) is 5.91 Å². The van der Waals surface area contributed by atoms with Gasteiger partial charge in [-0.15, -0.1) is 0 Å². The molecule has 2 fully saturated rings. The van der Waals surface area contributed by atoms with Crippen LogP contribution in [0.5, 0.6) is 0 Å². The number of carbonyl (C=O) groups is 1. The van der Waals surface area contributed by atoms with E-state index in [-0.39, 0.29) is 11.9 Å². The zero-order valence-corrected chi connectivity index (χ0v) is 14.2. The number of aromatic nitrogens is 1. The minimum atomic E-state index is 0.0168. The highest BCUT2D eigenvalue weighted by molar-refractivity contribution is 6.00. The van der Waals surface area contributed by atoms with Crippen molar-refractivity contribution in [3.05, 3.63) is 41.6 Å². The lowest BCUT2D eigenvalue weighted by Gasteiger charge is -2.45. The SMILES string of the molecule is Cc1c(C(=O)NC2C3CCCC2CC(N)C3)cnc2ccccc12. The molecule has 1 aromatic heterocycles. The molecule has 24 heavy (non-hydrogen) atoms. The first-order valence-corrected chi connectivity index (χ1v) is 9.04. The van der Waals surface area contributed by atoms with Crippen molar-refractivity contribution in [2.75, 3.05) is 0 Å². The van der Waals surface area contributed by atoms with Crippen LogP contribution in [-0.4, -0.2) is 23.0 Å². The summed E-state index contributed by atoms with van der Waals surface area (Å²) in [5.41, 5.74) is 8.84. The molecule has 2 aromatic rings. The molecule has 126 valence electrons. The molecule has 1 heterocycles. The van der Waals surface area contributed by atoms with Crippen molar-refractivity contribution in [2.24, 2.45) is 17.6 Å². The van der Waals surface area contributed by atoms with Gasteiger partial charge in [-0.3, -0.25) is 9.78 Å². The van der Waals surface area contributed by atoms with Crippen LogP contribution in [0.1, 0.15) is 48.0 Å². The fourth-order valence-corrected chi connectivity index (χ4v) is 4.76. The average Bonchev–Trinajstić information content (AvgIpc) is 2.56. The molecule has 2 bridgehead atoms. The Bertz CT molecular complexity index is 759. The van der Waals surface area contributed by atoms with Crippen molar-refractivity contribution in [3.8, 4) is 0 Å². The van der Waals surface area contributed by atoms with Gasteiger partial charge in [-0.1, -0.05) is 24.6 Å². The fourth-order valence-electron chi connectivity index (χ4n) is 4.76. The van der Waals surface area contributed by atoms with E-state index in [2.05, 4.69) is 10.3 Å². The third-order valence-corrected chi connectivity index (χ3v) is 5.96. The topological polar surface area (TPSA) is 68.0 Å². The Kier molecular flexibility index (Phi) is 4.01. The van der Waals surface area contributed by atoms with Crippen LogP contribution in [-0.2, 0) is 0 Å². The number of fused-ring (bicyclic) bond motifs is 3. The van der Waals surface area contributed by atoms with Gasteiger partial charge in [0.15, 0.2) is 0 Å². The number of nitrogens with one attached hydrogen (secondary N) is 1. The molecule has 2 saturated carbocycles. The number of nitrogens with two attached hydrogens (primary N) is 1. The van der Waals surface area contributed by atoms with Crippen molar-refractivity contribution >= 4 is 16.8 Å². The van der Waals surface area contributed by atoms with Crippen LogP contribution in [0.3, 0.4) is 0 Å². The minimum absolute atomic E-state index is 0.0168. The second kappa shape index (κ2) is 6.17. The van der Waals surface area contributed by atoms with E-state index in [9.17, 15) is 4.79 Å². The Labute approximate surface area is 142 Å². The molecule has 3 N–H and O–H groups in total. The number of para-hydroxylation sites is 1. The van der Waals surface area contributed by atoms with Gasteiger partial charge in [-0.05, 0) is 56.1 Å². The van der Waals surface area contributed by atoms with Crippen molar-refractivity contribution in [1.29, 1.82) is 0 Å². The number of hydrogen-bond acceptors (Lipinski definition) is 3. The van der Waals surface area contributed by atoms with Crippen LogP contribution in [0, 0.1) is 18.8 Å². The highest BCUT2D eigenvalue weighted by atomic mass is 16.1. The van der Waals surface area contributed by atoms with E-state index in [1.54, 1.807) is 6.20 Å². The van der Waals surface area contributed by atoms with Gasteiger partial charge in [0, 0.05) is 23.7 Å². The maximum absolute atomic E-state index is 12.9. The molecule has 1 aromatic carbocycles. The fraction of sp³-hybridized carbons (Fsp3) is 0.500. The summed E-state index contributed by atoms with van der Waals surface area (Å²) >= 11 is 0. The zero-order chi connectivity index (χ0) is 16.7. The summed E-state index contributed by atoms with van der Waals surface area (Å²) in [6.45, 7) is 2.01. The van der Waals surface area contributed by atoms with Gasteiger partial charge in [-0.2, -0.15) is 0 Å². The normalized spacial score (nSPS) is 29.4. The number of carbonyl (C=O) groups excluding carboxylic acids is 1. The molecule has 2 unspecified atom stereocenters. The number of nitrogens with zero attached hydrogens (tertiary/aromatic N) is 1. The number of hydrogen-bond donors (Lipinski definition) is 2. The van der Waals surface area contributed by atoms with Gasteiger partial charge >= 0.3 is 0 Å². The Balaban J connectivity index is 1.59. The van der Waals surface area contributed by atoms with Crippen LogP contribution >= 0.6 is 0 Å². The largest absolute Gasteiger partial charge is 0.349 e. The predicted octanol–water partition coefficient (Wildman–Crippen LogP) is 3.18. The number of benzene rings is 1. The number of amides is 1. The maximum atomic E-state index is 12.9. The van der Waals surface area contributed by atoms with E-state index in [1.165, 1.54) is 19.3 Å². The maximum Gasteiger partial charge on any atom is 0.253 e. The van der Waals surface area contributed by atoms with Crippen molar-refractivity contribution in [3.63, 3.8) is 0 Å². The van der Waals surface area contributed by atoms with Crippen LogP contribution < -0.4 is 11.1 Å². The quantitative estimate of drug-likeness (QED) is 0.892. The smallest absolute Gasteiger partial charge is 0.253 e. The molecule has 1 amide bonds. The molecule has 4 heteroatoms. The van der Waals surface area contributed by atoms with Gasteiger partial charge < -0.3 is 11.1 Å². The number of rotatable bonds is 2. The van der Waals surface area contributed by atoms with Crippen molar-refractivity contribution < 1.29 is 4.79 Å². The third kappa shape index (κ3) is 2.69. The highest BCUT2D eigenvalue weighted by Gasteiger charge is 2.40. The van der Waals surface area contributed by atoms with Gasteiger partial charge in [0.1, 0.15) is 0 Å². The summed E-state index contributed by atoms with van der Waals surface area (Å²) in [6, 6.07) is 8.56. The first kappa shape index (κ1) is 15.6. The van der Waals surface area contributed by atoms with Gasteiger partial charge in [-0.25, -0.2) is 0 Å². The Morgan fingerprint density at radius 1 is 1.21 bits per heavy atom. The van der Waals surface area contributed by atoms with E-state index in [0.29, 0.717) is 23.4 Å². The number of pyridine rings is 1. The molecule has 2 atom stereocenters. The standard InChI is InChI=1S/C20H25N3O/c1-12-16-7-2-3-8-18(16)22-11-17(12)20(24)23-19-13-5-4-6-14(19)10-15(21)9-13/h2-3,7-8,11,13-15,19H,4-6,9-10,21H2,1H3,(H,23,24). The van der Waals surface area contributed by atoms with E-state index in [1.807, 2.05) is 31.2 Å². The first-order chi connectivity index (χ1) is 11.6. The minimum Gasteiger partial charge on any atom is -0.349 e. The lowest BCUT2D eigenvalue weighted by Crippen LogP contribution is -2.53. The number of aryl methyl sites for hydroxylation is 1. The van der Waals surface area contributed by atoms with Crippen LogP contribution in [0.2, 0.25) is 0 Å². The lowest BCUT2D eigenvalue weighted by molar-refractivity contribution is 0.0755. The zero-order valence-electron chi connectivity index (χ0n) is 14.2. The summed E-state index contributed by atoms with van der Waals surface area (Å²) in [4.78, 5) is 17.4. The third-order valence-electron chi connectivity index (χ3n) is 5.96. The van der Waals surface area contributed by atoms with Crippen LogP contribution in [0.4, 0.5) is 0 Å². The summed E-state index contributed by atoms with van der Waals surface area (Å²) < 4.78 is 0. The predicted molar refractivity (Wildman–Crippen MR) is 95.8 cm³/mol. The molecular weight excluding hydrogens is 298 g/mol. The Morgan fingerprint density at radius 3 is 2.67 bits per heavy atom. The second-order valence-electron chi connectivity index (χ2n) is 7.50. The van der Waals surface area contributed by atoms with Gasteiger partial charge in [0.2, 0.25) is 0 Å².